The van der Waals surface area contributed by atoms with E-state index in [-0.39, 0.29) is 11.9 Å². The number of benzene rings is 1. The van der Waals surface area contributed by atoms with Gasteiger partial charge in [-0.1, -0.05) is 30.3 Å². The van der Waals surface area contributed by atoms with Crippen LogP contribution in [-0.4, -0.2) is 43.2 Å². The van der Waals surface area contributed by atoms with E-state index in [0.717, 1.165) is 36.9 Å². The van der Waals surface area contributed by atoms with E-state index in [1.54, 1.807) is 10.9 Å². The topological polar surface area (TPSA) is 68.0 Å². The molecular weight excluding hydrogens is 364 g/mol. The molecule has 5 rings (SSSR count). The number of hydrogen-bond acceptors (Lipinski definition) is 4. The van der Waals surface area contributed by atoms with Crippen LogP contribution in [-0.2, 0) is 20.1 Å². The van der Waals surface area contributed by atoms with Gasteiger partial charge >= 0.3 is 0 Å². The maximum Gasteiger partial charge on any atom is 0.271 e. The summed E-state index contributed by atoms with van der Waals surface area (Å²) in [6.07, 6.45) is 8.22. The number of aromatic nitrogens is 4. The number of carbonyl (C=O) groups is 1. The summed E-state index contributed by atoms with van der Waals surface area (Å²) in [5.74, 6) is 1.64. The van der Waals surface area contributed by atoms with E-state index in [4.69, 9.17) is 4.98 Å². The average molecular weight is 390 g/mol. The van der Waals surface area contributed by atoms with Crippen LogP contribution in [0.4, 0.5) is 0 Å². The first-order valence-corrected chi connectivity index (χ1v) is 10.3. The minimum Gasteiger partial charge on any atom is -0.346 e. The highest BCUT2D eigenvalue weighted by molar-refractivity contribution is 5.92. The van der Waals surface area contributed by atoms with E-state index in [1.807, 2.05) is 25.5 Å². The van der Waals surface area contributed by atoms with Crippen molar-refractivity contribution in [3.63, 3.8) is 0 Å². The first kappa shape index (κ1) is 18.1. The van der Waals surface area contributed by atoms with Crippen LogP contribution in [0.3, 0.4) is 0 Å². The van der Waals surface area contributed by atoms with Crippen LogP contribution in [0.25, 0.3) is 0 Å². The fourth-order valence-electron chi connectivity index (χ4n) is 4.13. The highest BCUT2D eigenvalue weighted by Gasteiger charge is 2.35. The van der Waals surface area contributed by atoms with Crippen LogP contribution < -0.4 is 5.32 Å². The molecule has 1 unspecified atom stereocenters. The average Bonchev–Trinajstić information content (AvgIpc) is 3.28. The molecule has 1 aliphatic carbocycles. The molecule has 1 atom stereocenters. The molecule has 1 fully saturated rings. The molecule has 29 heavy (non-hydrogen) atoms. The molecule has 1 aliphatic heterocycles. The van der Waals surface area contributed by atoms with Crippen molar-refractivity contribution in [2.75, 3.05) is 13.1 Å². The zero-order valence-electron chi connectivity index (χ0n) is 16.7. The van der Waals surface area contributed by atoms with Gasteiger partial charge in [-0.2, -0.15) is 5.10 Å². The molecule has 1 aromatic carbocycles. The van der Waals surface area contributed by atoms with Crippen molar-refractivity contribution in [3.05, 3.63) is 71.6 Å². The largest absolute Gasteiger partial charge is 0.346 e. The summed E-state index contributed by atoms with van der Waals surface area (Å²) in [5.41, 5.74) is 2.70. The van der Waals surface area contributed by atoms with Gasteiger partial charge in [0.2, 0.25) is 0 Å². The second-order valence-corrected chi connectivity index (χ2v) is 8.13. The van der Waals surface area contributed by atoms with Crippen molar-refractivity contribution in [2.45, 2.75) is 32.0 Å². The Kier molecular flexibility index (Phi) is 4.67. The normalized spacial score (nSPS) is 19.1. The highest BCUT2D eigenvalue weighted by atomic mass is 16.1. The third-order valence-corrected chi connectivity index (χ3v) is 5.79. The fourth-order valence-corrected chi connectivity index (χ4v) is 4.13. The van der Waals surface area contributed by atoms with Crippen molar-refractivity contribution in [2.24, 2.45) is 13.0 Å². The Bertz CT molecular complexity index is 1000. The predicted molar refractivity (Wildman–Crippen MR) is 109 cm³/mol. The number of aryl methyl sites for hydroxylation is 1. The molecule has 0 saturated heterocycles. The molecule has 1 saturated carbocycles. The van der Waals surface area contributed by atoms with Crippen LogP contribution in [0.15, 0.2) is 48.9 Å². The number of fused-ring (bicyclic) bond motifs is 1. The van der Waals surface area contributed by atoms with Gasteiger partial charge in [0.25, 0.3) is 5.91 Å². The van der Waals surface area contributed by atoms with E-state index >= 15 is 0 Å². The summed E-state index contributed by atoms with van der Waals surface area (Å²) >= 11 is 0. The SMILES string of the molecule is Cn1cc(CNC(=O)c2cn3c(n2)C(c2ccccc2)N(CC2CC2)CC3)cn1. The smallest absolute Gasteiger partial charge is 0.271 e. The lowest BCUT2D eigenvalue weighted by molar-refractivity contribution is 0.0946. The molecule has 7 heteroatoms. The third-order valence-electron chi connectivity index (χ3n) is 5.79. The molecule has 0 radical (unpaired) electrons. The standard InChI is InChI=1S/C22H26N6O/c1-26-13-17(12-24-26)11-23-22(29)19-15-28-10-9-27(14-16-7-8-16)20(21(28)25-19)18-5-3-2-4-6-18/h2-6,12-13,15-16,20H,7-11,14H2,1H3,(H,23,29). The molecule has 0 bridgehead atoms. The van der Waals surface area contributed by atoms with E-state index in [9.17, 15) is 4.79 Å². The van der Waals surface area contributed by atoms with Crippen molar-refractivity contribution in [1.82, 2.24) is 29.5 Å². The molecule has 7 nitrogen and oxygen atoms in total. The van der Waals surface area contributed by atoms with Gasteiger partial charge in [-0.3, -0.25) is 14.4 Å². The van der Waals surface area contributed by atoms with Crippen molar-refractivity contribution < 1.29 is 4.79 Å². The zero-order valence-corrected chi connectivity index (χ0v) is 16.7. The molecule has 1 amide bonds. The van der Waals surface area contributed by atoms with Crippen molar-refractivity contribution in [3.8, 4) is 0 Å². The summed E-state index contributed by atoms with van der Waals surface area (Å²) in [6, 6.07) is 10.6. The minimum absolute atomic E-state index is 0.102. The van der Waals surface area contributed by atoms with Gasteiger partial charge in [0.1, 0.15) is 11.5 Å². The molecule has 2 aliphatic rings. The first-order chi connectivity index (χ1) is 14.2. The molecule has 3 aromatic rings. The van der Waals surface area contributed by atoms with E-state index in [0.29, 0.717) is 12.2 Å². The van der Waals surface area contributed by atoms with Crippen LogP contribution in [0.5, 0.6) is 0 Å². The van der Waals surface area contributed by atoms with Crippen molar-refractivity contribution >= 4 is 5.91 Å². The first-order valence-electron chi connectivity index (χ1n) is 10.3. The van der Waals surface area contributed by atoms with E-state index < -0.39 is 0 Å². The lowest BCUT2D eigenvalue weighted by Gasteiger charge is -2.36. The van der Waals surface area contributed by atoms with Gasteiger partial charge in [-0.15, -0.1) is 0 Å². The van der Waals surface area contributed by atoms with Crippen molar-refractivity contribution in [1.29, 1.82) is 0 Å². The summed E-state index contributed by atoms with van der Waals surface area (Å²) in [5, 5.41) is 7.10. The molecule has 150 valence electrons. The monoisotopic (exact) mass is 390 g/mol. The second kappa shape index (κ2) is 7.48. The number of hydrogen-bond donors (Lipinski definition) is 1. The van der Waals surface area contributed by atoms with E-state index in [1.165, 1.54) is 18.4 Å². The Morgan fingerprint density at radius 1 is 1.17 bits per heavy atom. The Morgan fingerprint density at radius 2 is 2.00 bits per heavy atom. The van der Waals surface area contributed by atoms with E-state index in [2.05, 4.69) is 44.1 Å². The number of rotatable bonds is 6. The predicted octanol–water partition coefficient (Wildman–Crippen LogP) is 2.36. The van der Waals surface area contributed by atoms with Gasteiger partial charge in [0.15, 0.2) is 0 Å². The van der Waals surface area contributed by atoms with Crippen LogP contribution in [0.2, 0.25) is 0 Å². The second-order valence-electron chi connectivity index (χ2n) is 8.13. The Balaban J connectivity index is 1.39. The Labute approximate surface area is 170 Å². The van der Waals surface area contributed by atoms with Gasteiger partial charge < -0.3 is 9.88 Å². The fraction of sp³-hybridized carbons (Fsp3) is 0.409. The van der Waals surface area contributed by atoms with Gasteiger partial charge in [-0.25, -0.2) is 4.98 Å². The van der Waals surface area contributed by atoms with Crippen LogP contribution >= 0.6 is 0 Å². The quantitative estimate of drug-likeness (QED) is 0.702. The summed E-state index contributed by atoms with van der Waals surface area (Å²) < 4.78 is 3.88. The maximum atomic E-state index is 12.7. The molecule has 3 heterocycles. The third kappa shape index (κ3) is 3.82. The van der Waals surface area contributed by atoms with Gasteiger partial charge in [0.05, 0.1) is 12.2 Å². The molecule has 0 spiro atoms. The lowest BCUT2D eigenvalue weighted by Crippen LogP contribution is -2.40. The number of amides is 1. The summed E-state index contributed by atoms with van der Waals surface area (Å²) in [7, 11) is 1.87. The van der Waals surface area contributed by atoms with Gasteiger partial charge in [0, 0.05) is 51.2 Å². The van der Waals surface area contributed by atoms with Gasteiger partial charge in [-0.05, 0) is 24.3 Å². The Hall–Kier alpha value is -2.93. The molecule has 2 aromatic heterocycles. The number of carbonyl (C=O) groups excluding carboxylic acids is 1. The van der Waals surface area contributed by atoms with Crippen LogP contribution in [0.1, 0.15) is 46.3 Å². The summed E-state index contributed by atoms with van der Waals surface area (Å²) in [4.78, 5) is 20.1. The molecule has 1 N–H and O–H groups in total. The van der Waals surface area contributed by atoms with Crippen LogP contribution in [0, 0.1) is 5.92 Å². The highest BCUT2D eigenvalue weighted by Crippen LogP contribution is 2.37. The zero-order chi connectivity index (χ0) is 19.8. The minimum atomic E-state index is -0.142. The Morgan fingerprint density at radius 3 is 2.72 bits per heavy atom. The number of imidazole rings is 1. The molecular formula is C22H26N6O. The summed E-state index contributed by atoms with van der Waals surface area (Å²) in [6.45, 7) is 3.41. The number of nitrogens with one attached hydrogen (secondary N) is 1. The number of nitrogens with zero attached hydrogens (tertiary/aromatic N) is 5. The lowest BCUT2D eigenvalue weighted by atomic mass is 10.0. The maximum absolute atomic E-state index is 12.7.